The minimum atomic E-state index is -0.472. The topological polar surface area (TPSA) is 73.1 Å². The second kappa shape index (κ2) is 5.76. The first-order chi connectivity index (χ1) is 7.67. The Balaban J connectivity index is 2.69. The number of carbonyl (C=O) groups excluding carboxylic acids is 1. The number of nitrogens with one attached hydrogen (secondary N) is 1. The predicted molar refractivity (Wildman–Crippen MR) is 59.9 cm³/mol. The molecule has 1 rings (SSSR count). The summed E-state index contributed by atoms with van der Waals surface area (Å²) in [6.45, 7) is 1.95. The largest absolute Gasteiger partial charge is 0.508 e. The van der Waals surface area contributed by atoms with Crippen LogP contribution >= 0.6 is 0 Å². The van der Waals surface area contributed by atoms with E-state index in [4.69, 9.17) is 5.26 Å². The van der Waals surface area contributed by atoms with Gasteiger partial charge in [0.15, 0.2) is 0 Å². The third-order valence-electron chi connectivity index (χ3n) is 2.15. The van der Waals surface area contributed by atoms with E-state index in [2.05, 4.69) is 5.32 Å². The van der Waals surface area contributed by atoms with Gasteiger partial charge in [-0.05, 0) is 24.6 Å². The normalized spacial score (nSPS) is 11.5. The van der Waals surface area contributed by atoms with Gasteiger partial charge in [-0.15, -0.1) is 0 Å². The van der Waals surface area contributed by atoms with E-state index in [9.17, 15) is 9.90 Å². The van der Waals surface area contributed by atoms with Gasteiger partial charge >= 0.3 is 0 Å². The lowest BCUT2D eigenvalue weighted by Gasteiger charge is -2.10. The van der Waals surface area contributed by atoms with Crippen LogP contribution in [0.2, 0.25) is 0 Å². The molecule has 0 saturated carbocycles. The molecule has 0 aliphatic carbocycles. The van der Waals surface area contributed by atoms with Crippen molar-refractivity contribution in [2.24, 2.45) is 0 Å². The van der Waals surface area contributed by atoms with Gasteiger partial charge in [0.1, 0.15) is 11.8 Å². The minimum absolute atomic E-state index is 0.0386. The second-order valence-corrected chi connectivity index (χ2v) is 3.49. The van der Waals surface area contributed by atoms with E-state index in [1.807, 2.05) is 13.0 Å². The summed E-state index contributed by atoms with van der Waals surface area (Å²) in [4.78, 5) is 11.7. The number of phenols is 1. The summed E-state index contributed by atoms with van der Waals surface area (Å²) >= 11 is 0. The lowest BCUT2D eigenvalue weighted by Crippen LogP contribution is -2.33. The van der Waals surface area contributed by atoms with Gasteiger partial charge in [-0.3, -0.25) is 4.79 Å². The van der Waals surface area contributed by atoms with Gasteiger partial charge in [-0.2, -0.15) is 5.26 Å². The molecule has 1 aromatic rings. The molecule has 4 nitrogen and oxygen atoms in total. The maximum absolute atomic E-state index is 11.7. The van der Waals surface area contributed by atoms with Crippen molar-refractivity contribution in [1.29, 1.82) is 5.26 Å². The van der Waals surface area contributed by atoms with E-state index < -0.39 is 6.04 Å². The molecule has 4 heteroatoms. The highest BCUT2D eigenvalue weighted by atomic mass is 16.3. The Morgan fingerprint density at radius 1 is 1.62 bits per heavy atom. The van der Waals surface area contributed by atoms with E-state index in [1.54, 1.807) is 12.1 Å². The predicted octanol–water partition coefficient (Wildman–Crippen LogP) is 1.81. The molecule has 16 heavy (non-hydrogen) atoms. The number of carbonyl (C=O) groups is 1. The van der Waals surface area contributed by atoms with Gasteiger partial charge in [-0.1, -0.05) is 19.4 Å². The summed E-state index contributed by atoms with van der Waals surface area (Å²) in [5, 5.41) is 20.6. The van der Waals surface area contributed by atoms with Crippen LogP contribution in [0.25, 0.3) is 0 Å². The van der Waals surface area contributed by atoms with Crippen LogP contribution < -0.4 is 5.32 Å². The summed E-state index contributed by atoms with van der Waals surface area (Å²) in [6.07, 6.45) is 1.46. The van der Waals surface area contributed by atoms with Crippen molar-refractivity contribution in [3.05, 3.63) is 29.8 Å². The van der Waals surface area contributed by atoms with Gasteiger partial charge in [0.2, 0.25) is 0 Å². The van der Waals surface area contributed by atoms with Crippen LogP contribution in [0.3, 0.4) is 0 Å². The lowest BCUT2D eigenvalue weighted by molar-refractivity contribution is 0.0943. The monoisotopic (exact) mass is 218 g/mol. The van der Waals surface area contributed by atoms with Crippen LogP contribution in [0.1, 0.15) is 30.1 Å². The lowest BCUT2D eigenvalue weighted by atomic mass is 10.1. The molecule has 0 spiro atoms. The molecule has 0 saturated heterocycles. The standard InChI is InChI=1S/C12H14N2O2/c1-2-4-10(8-13)14-12(16)9-5-3-6-11(15)7-9/h3,5-7,10,15H,2,4H2,1H3,(H,14,16). The molecular formula is C12H14N2O2. The number of nitrogens with zero attached hydrogens (tertiary/aromatic N) is 1. The molecular weight excluding hydrogens is 204 g/mol. The fourth-order valence-electron chi connectivity index (χ4n) is 1.35. The van der Waals surface area contributed by atoms with Crippen molar-refractivity contribution in [2.45, 2.75) is 25.8 Å². The van der Waals surface area contributed by atoms with Gasteiger partial charge in [0.05, 0.1) is 6.07 Å². The quantitative estimate of drug-likeness (QED) is 0.809. The van der Waals surface area contributed by atoms with Crippen LogP contribution in [-0.4, -0.2) is 17.1 Å². The van der Waals surface area contributed by atoms with Crippen LogP contribution in [0, 0.1) is 11.3 Å². The third-order valence-corrected chi connectivity index (χ3v) is 2.15. The smallest absolute Gasteiger partial charge is 0.252 e. The number of nitriles is 1. The maximum Gasteiger partial charge on any atom is 0.252 e. The van der Waals surface area contributed by atoms with Crippen molar-refractivity contribution < 1.29 is 9.90 Å². The Morgan fingerprint density at radius 2 is 2.38 bits per heavy atom. The van der Waals surface area contributed by atoms with Gasteiger partial charge in [-0.25, -0.2) is 0 Å². The zero-order valence-electron chi connectivity index (χ0n) is 9.10. The van der Waals surface area contributed by atoms with E-state index >= 15 is 0 Å². The fraction of sp³-hybridized carbons (Fsp3) is 0.333. The highest BCUT2D eigenvalue weighted by Crippen LogP contribution is 2.11. The molecule has 0 heterocycles. The number of hydrogen-bond donors (Lipinski definition) is 2. The van der Waals surface area contributed by atoms with Crippen molar-refractivity contribution >= 4 is 5.91 Å². The summed E-state index contributed by atoms with van der Waals surface area (Å²) in [5.74, 6) is -0.299. The van der Waals surface area contributed by atoms with Crippen LogP contribution in [0.15, 0.2) is 24.3 Å². The molecule has 0 aromatic heterocycles. The van der Waals surface area contributed by atoms with E-state index in [0.717, 1.165) is 6.42 Å². The van der Waals surface area contributed by atoms with Crippen molar-refractivity contribution in [2.75, 3.05) is 0 Å². The Morgan fingerprint density at radius 3 is 2.94 bits per heavy atom. The number of hydrogen-bond acceptors (Lipinski definition) is 3. The maximum atomic E-state index is 11.7. The van der Waals surface area contributed by atoms with Crippen molar-refractivity contribution in [3.8, 4) is 11.8 Å². The Labute approximate surface area is 94.5 Å². The summed E-state index contributed by atoms with van der Waals surface area (Å²) in [5.41, 5.74) is 0.358. The zero-order chi connectivity index (χ0) is 12.0. The van der Waals surface area contributed by atoms with Gasteiger partial charge < -0.3 is 10.4 Å². The summed E-state index contributed by atoms with van der Waals surface area (Å²) in [7, 11) is 0. The summed E-state index contributed by atoms with van der Waals surface area (Å²) < 4.78 is 0. The molecule has 0 bridgehead atoms. The first kappa shape index (κ1) is 12.1. The molecule has 2 N–H and O–H groups in total. The number of phenolic OH excluding ortho intramolecular Hbond substituents is 1. The molecule has 1 unspecified atom stereocenters. The number of benzene rings is 1. The van der Waals surface area contributed by atoms with Crippen LogP contribution in [-0.2, 0) is 0 Å². The molecule has 0 radical (unpaired) electrons. The Bertz CT molecular complexity index is 410. The van der Waals surface area contributed by atoms with E-state index in [1.165, 1.54) is 12.1 Å². The highest BCUT2D eigenvalue weighted by molar-refractivity contribution is 5.94. The molecule has 0 fully saturated rings. The number of amides is 1. The minimum Gasteiger partial charge on any atom is -0.508 e. The number of aromatic hydroxyl groups is 1. The average molecular weight is 218 g/mol. The SMILES string of the molecule is CCCC(C#N)NC(=O)c1cccc(O)c1. The Kier molecular flexibility index (Phi) is 4.34. The van der Waals surface area contributed by atoms with Gasteiger partial charge in [0, 0.05) is 5.56 Å². The second-order valence-electron chi connectivity index (χ2n) is 3.49. The van der Waals surface area contributed by atoms with Crippen LogP contribution in [0.4, 0.5) is 0 Å². The van der Waals surface area contributed by atoms with E-state index in [0.29, 0.717) is 12.0 Å². The fourth-order valence-corrected chi connectivity index (χ4v) is 1.35. The highest BCUT2D eigenvalue weighted by Gasteiger charge is 2.12. The summed E-state index contributed by atoms with van der Waals surface area (Å²) in [6, 6.07) is 7.59. The third kappa shape index (κ3) is 3.28. The molecule has 0 aliphatic heterocycles. The van der Waals surface area contributed by atoms with Crippen molar-refractivity contribution in [1.82, 2.24) is 5.32 Å². The molecule has 0 aliphatic rings. The first-order valence-electron chi connectivity index (χ1n) is 5.17. The average Bonchev–Trinajstić information content (AvgIpc) is 2.28. The first-order valence-corrected chi connectivity index (χ1v) is 5.17. The van der Waals surface area contributed by atoms with Gasteiger partial charge in [0.25, 0.3) is 5.91 Å². The Hall–Kier alpha value is -2.02. The zero-order valence-corrected chi connectivity index (χ0v) is 9.10. The van der Waals surface area contributed by atoms with E-state index in [-0.39, 0.29) is 11.7 Å². The van der Waals surface area contributed by atoms with Crippen molar-refractivity contribution in [3.63, 3.8) is 0 Å². The molecule has 1 amide bonds. The molecule has 84 valence electrons. The van der Waals surface area contributed by atoms with Crippen LogP contribution in [0.5, 0.6) is 5.75 Å². The number of rotatable bonds is 4. The molecule has 1 atom stereocenters. The molecule has 1 aromatic carbocycles.